The number of fused-ring (bicyclic) bond motifs is 1. The van der Waals surface area contributed by atoms with E-state index in [4.69, 9.17) is 4.98 Å². The summed E-state index contributed by atoms with van der Waals surface area (Å²) in [7, 11) is 4.12. The Balaban J connectivity index is 1.71. The van der Waals surface area contributed by atoms with Gasteiger partial charge in [-0.3, -0.25) is 4.68 Å². The maximum atomic E-state index is 4.84. The maximum Gasteiger partial charge on any atom is 0.0743 e. The standard InChI is InChI=1S/C19H23N5/c1-14-10-19(15-12-20-23(3)13-15)21-18-5-4-16(11-17(14)18)24-8-6-22(2)7-9-24/h4-5,10-13H,6-9H2,1-3H3. The van der Waals surface area contributed by atoms with Crippen molar-refractivity contribution in [1.82, 2.24) is 19.7 Å². The summed E-state index contributed by atoms with van der Waals surface area (Å²) < 4.78 is 1.81. The highest BCUT2D eigenvalue weighted by Crippen LogP contribution is 2.28. The summed E-state index contributed by atoms with van der Waals surface area (Å²) in [6.07, 6.45) is 3.87. The molecule has 0 saturated carbocycles. The predicted molar refractivity (Wildman–Crippen MR) is 98.4 cm³/mol. The first-order chi connectivity index (χ1) is 11.6. The van der Waals surface area contributed by atoms with Gasteiger partial charge >= 0.3 is 0 Å². The second kappa shape index (κ2) is 5.91. The highest BCUT2D eigenvalue weighted by molar-refractivity contribution is 5.88. The van der Waals surface area contributed by atoms with Crippen molar-refractivity contribution in [2.45, 2.75) is 6.92 Å². The van der Waals surface area contributed by atoms with E-state index in [1.54, 1.807) is 0 Å². The van der Waals surface area contributed by atoms with Crippen LogP contribution < -0.4 is 4.90 Å². The van der Waals surface area contributed by atoms with Crippen LogP contribution in [0.25, 0.3) is 22.2 Å². The lowest BCUT2D eigenvalue weighted by atomic mass is 10.1. The third-order valence-corrected chi connectivity index (χ3v) is 4.87. The second-order valence-corrected chi connectivity index (χ2v) is 6.72. The van der Waals surface area contributed by atoms with Crippen molar-refractivity contribution in [3.63, 3.8) is 0 Å². The average Bonchev–Trinajstić information content (AvgIpc) is 3.02. The van der Waals surface area contributed by atoms with Crippen LogP contribution in [0.1, 0.15) is 5.56 Å². The molecule has 5 nitrogen and oxygen atoms in total. The zero-order valence-corrected chi connectivity index (χ0v) is 14.5. The summed E-state index contributed by atoms with van der Waals surface area (Å²) in [5.74, 6) is 0. The van der Waals surface area contributed by atoms with Crippen molar-refractivity contribution in [1.29, 1.82) is 0 Å². The summed E-state index contributed by atoms with van der Waals surface area (Å²) in [6.45, 7) is 6.58. The fraction of sp³-hybridized carbons (Fsp3) is 0.368. The van der Waals surface area contributed by atoms with E-state index in [0.717, 1.165) is 43.0 Å². The number of hydrogen-bond donors (Lipinski definition) is 0. The Kier molecular flexibility index (Phi) is 3.73. The Morgan fingerprint density at radius 1 is 1.00 bits per heavy atom. The van der Waals surface area contributed by atoms with Gasteiger partial charge in [-0.1, -0.05) is 0 Å². The zero-order valence-electron chi connectivity index (χ0n) is 14.5. The number of likely N-dealkylation sites (N-methyl/N-ethyl adjacent to an activating group) is 1. The van der Waals surface area contributed by atoms with Gasteiger partial charge in [0.1, 0.15) is 0 Å². The number of nitrogens with zero attached hydrogens (tertiary/aromatic N) is 5. The molecular weight excluding hydrogens is 298 g/mol. The monoisotopic (exact) mass is 321 g/mol. The normalized spacial score (nSPS) is 16.0. The summed E-state index contributed by atoms with van der Waals surface area (Å²) in [5, 5.41) is 5.49. The van der Waals surface area contributed by atoms with Crippen LogP contribution in [0.15, 0.2) is 36.7 Å². The number of pyridine rings is 1. The van der Waals surface area contributed by atoms with Gasteiger partial charge in [-0.05, 0) is 43.8 Å². The van der Waals surface area contributed by atoms with Gasteiger partial charge < -0.3 is 9.80 Å². The zero-order chi connectivity index (χ0) is 16.7. The van der Waals surface area contributed by atoms with Gasteiger partial charge in [0, 0.05) is 56.1 Å². The van der Waals surface area contributed by atoms with Gasteiger partial charge in [0.05, 0.1) is 17.4 Å². The van der Waals surface area contributed by atoms with E-state index in [1.165, 1.54) is 16.6 Å². The molecule has 24 heavy (non-hydrogen) atoms. The number of aromatic nitrogens is 3. The lowest BCUT2D eigenvalue weighted by Gasteiger charge is -2.34. The third-order valence-electron chi connectivity index (χ3n) is 4.87. The van der Waals surface area contributed by atoms with E-state index < -0.39 is 0 Å². The Morgan fingerprint density at radius 2 is 1.79 bits per heavy atom. The SMILES string of the molecule is Cc1cc(-c2cnn(C)c2)nc2ccc(N3CCN(C)CC3)cc12. The first-order valence-electron chi connectivity index (χ1n) is 8.44. The van der Waals surface area contributed by atoms with Gasteiger partial charge in [0.25, 0.3) is 0 Å². The van der Waals surface area contributed by atoms with Crippen LogP contribution in [-0.2, 0) is 7.05 Å². The number of rotatable bonds is 2. The van der Waals surface area contributed by atoms with E-state index >= 15 is 0 Å². The quantitative estimate of drug-likeness (QED) is 0.727. The van der Waals surface area contributed by atoms with Gasteiger partial charge in [-0.15, -0.1) is 0 Å². The van der Waals surface area contributed by atoms with Crippen LogP contribution in [0.4, 0.5) is 5.69 Å². The van der Waals surface area contributed by atoms with Crippen LogP contribution in [0.3, 0.4) is 0 Å². The maximum absolute atomic E-state index is 4.84. The molecule has 5 heteroatoms. The van der Waals surface area contributed by atoms with E-state index in [9.17, 15) is 0 Å². The third kappa shape index (κ3) is 2.76. The molecule has 0 radical (unpaired) electrons. The first-order valence-corrected chi connectivity index (χ1v) is 8.44. The molecule has 0 unspecified atom stereocenters. The molecule has 124 valence electrons. The minimum absolute atomic E-state index is 0.987. The number of aryl methyl sites for hydroxylation is 2. The molecule has 1 aromatic carbocycles. The minimum atomic E-state index is 0.987. The van der Waals surface area contributed by atoms with Crippen LogP contribution in [0.5, 0.6) is 0 Å². The number of anilines is 1. The molecule has 1 fully saturated rings. The number of piperazine rings is 1. The molecule has 2 aromatic heterocycles. The molecule has 1 aliphatic heterocycles. The molecule has 1 saturated heterocycles. The van der Waals surface area contributed by atoms with E-state index in [1.807, 2.05) is 24.1 Å². The molecule has 3 aromatic rings. The highest BCUT2D eigenvalue weighted by atomic mass is 15.2. The van der Waals surface area contributed by atoms with E-state index in [0.29, 0.717) is 0 Å². The van der Waals surface area contributed by atoms with Crippen LogP contribution >= 0.6 is 0 Å². The molecule has 3 heterocycles. The molecular formula is C19H23N5. The van der Waals surface area contributed by atoms with Crippen molar-refractivity contribution in [3.8, 4) is 11.3 Å². The van der Waals surface area contributed by atoms with Gasteiger partial charge in [0.2, 0.25) is 0 Å². The molecule has 0 atom stereocenters. The first kappa shape index (κ1) is 15.1. The highest BCUT2D eigenvalue weighted by Gasteiger charge is 2.15. The lowest BCUT2D eigenvalue weighted by molar-refractivity contribution is 0.313. The van der Waals surface area contributed by atoms with Crippen LogP contribution in [-0.4, -0.2) is 52.9 Å². The van der Waals surface area contributed by atoms with Gasteiger partial charge in [0.15, 0.2) is 0 Å². The molecule has 0 aliphatic carbocycles. The molecule has 0 bridgehead atoms. The topological polar surface area (TPSA) is 37.2 Å². The van der Waals surface area contributed by atoms with Crippen molar-refractivity contribution >= 4 is 16.6 Å². The largest absolute Gasteiger partial charge is 0.369 e. The van der Waals surface area contributed by atoms with Crippen molar-refractivity contribution in [2.75, 3.05) is 38.1 Å². The smallest absolute Gasteiger partial charge is 0.0743 e. The molecule has 0 N–H and O–H groups in total. The summed E-state index contributed by atoms with van der Waals surface area (Å²) in [4.78, 5) is 9.68. The summed E-state index contributed by atoms with van der Waals surface area (Å²) in [5.41, 5.74) is 5.65. The minimum Gasteiger partial charge on any atom is -0.369 e. The van der Waals surface area contributed by atoms with Crippen LogP contribution in [0.2, 0.25) is 0 Å². The van der Waals surface area contributed by atoms with Crippen molar-refractivity contribution < 1.29 is 0 Å². The average molecular weight is 321 g/mol. The Labute approximate surface area is 142 Å². The number of hydrogen-bond acceptors (Lipinski definition) is 4. The molecule has 0 amide bonds. The van der Waals surface area contributed by atoms with Gasteiger partial charge in [-0.2, -0.15) is 5.10 Å². The van der Waals surface area contributed by atoms with Crippen molar-refractivity contribution in [2.24, 2.45) is 7.05 Å². The van der Waals surface area contributed by atoms with Crippen molar-refractivity contribution in [3.05, 3.63) is 42.2 Å². The van der Waals surface area contributed by atoms with Gasteiger partial charge in [-0.25, -0.2) is 4.98 Å². The van der Waals surface area contributed by atoms with Crippen LogP contribution in [0, 0.1) is 6.92 Å². The fourth-order valence-corrected chi connectivity index (χ4v) is 3.34. The van der Waals surface area contributed by atoms with E-state index in [-0.39, 0.29) is 0 Å². The molecule has 4 rings (SSSR count). The Bertz CT molecular complexity index is 875. The Hall–Kier alpha value is -2.40. The summed E-state index contributed by atoms with van der Waals surface area (Å²) >= 11 is 0. The number of benzene rings is 1. The molecule has 1 aliphatic rings. The molecule has 0 spiro atoms. The second-order valence-electron chi connectivity index (χ2n) is 6.72. The lowest BCUT2D eigenvalue weighted by Crippen LogP contribution is -2.44. The van der Waals surface area contributed by atoms with E-state index in [2.05, 4.69) is 53.1 Å². The fourth-order valence-electron chi connectivity index (χ4n) is 3.34. The predicted octanol–water partition coefficient (Wildman–Crippen LogP) is 2.70. The Morgan fingerprint density at radius 3 is 2.50 bits per heavy atom. The summed E-state index contributed by atoms with van der Waals surface area (Å²) in [6, 6.07) is 8.80.